The quantitative estimate of drug-likeness (QED) is 0.907. The van der Waals surface area contributed by atoms with Gasteiger partial charge in [0.25, 0.3) is 11.8 Å². The maximum absolute atomic E-state index is 12.6. The van der Waals surface area contributed by atoms with Crippen molar-refractivity contribution in [3.05, 3.63) is 46.4 Å². The summed E-state index contributed by atoms with van der Waals surface area (Å²) >= 11 is 0. The molecule has 6 nitrogen and oxygen atoms in total. The van der Waals surface area contributed by atoms with E-state index in [0.717, 1.165) is 16.9 Å². The van der Waals surface area contributed by atoms with Crippen LogP contribution < -0.4 is 15.4 Å². The Balaban J connectivity index is 1.80. The Morgan fingerprint density at radius 2 is 2.00 bits per heavy atom. The first-order valence-electron chi connectivity index (χ1n) is 7.81. The Morgan fingerprint density at radius 3 is 2.67 bits per heavy atom. The van der Waals surface area contributed by atoms with E-state index in [0.29, 0.717) is 22.8 Å². The molecule has 1 aromatic heterocycles. The van der Waals surface area contributed by atoms with Crippen molar-refractivity contribution < 1.29 is 18.7 Å². The number of hydrogen-bond acceptors (Lipinski definition) is 4. The van der Waals surface area contributed by atoms with Gasteiger partial charge in [-0.1, -0.05) is 6.07 Å². The summed E-state index contributed by atoms with van der Waals surface area (Å²) in [6.07, 6.45) is 0. The van der Waals surface area contributed by atoms with Crippen LogP contribution in [0.3, 0.4) is 0 Å². The van der Waals surface area contributed by atoms with E-state index in [9.17, 15) is 9.59 Å². The molecule has 0 saturated carbocycles. The van der Waals surface area contributed by atoms with Crippen molar-refractivity contribution >= 4 is 17.5 Å². The van der Waals surface area contributed by atoms with Crippen LogP contribution in [0.4, 0.5) is 5.69 Å². The fraction of sp³-hybridized carbons (Fsp3) is 0.333. The van der Waals surface area contributed by atoms with E-state index >= 15 is 0 Å². The summed E-state index contributed by atoms with van der Waals surface area (Å²) in [6.45, 7) is 7.41. The zero-order valence-electron chi connectivity index (χ0n) is 14.1. The Bertz CT molecular complexity index is 823. The van der Waals surface area contributed by atoms with E-state index < -0.39 is 0 Å². The molecule has 0 fully saturated rings. The molecular weight excluding hydrogens is 308 g/mol. The number of rotatable bonds is 3. The van der Waals surface area contributed by atoms with Crippen LogP contribution in [0.25, 0.3) is 0 Å². The summed E-state index contributed by atoms with van der Waals surface area (Å²) in [4.78, 5) is 24.0. The van der Waals surface area contributed by atoms with Crippen LogP contribution in [0, 0.1) is 20.8 Å². The number of ether oxygens (including phenoxy) is 1. The van der Waals surface area contributed by atoms with Gasteiger partial charge < -0.3 is 19.8 Å². The lowest BCUT2D eigenvalue weighted by Gasteiger charge is -2.21. The van der Waals surface area contributed by atoms with Crippen molar-refractivity contribution in [3.63, 3.8) is 0 Å². The molecule has 2 amide bonds. The highest BCUT2D eigenvalue weighted by Gasteiger charge is 2.22. The molecule has 2 aromatic rings. The van der Waals surface area contributed by atoms with Gasteiger partial charge in [-0.2, -0.15) is 0 Å². The monoisotopic (exact) mass is 328 g/mol. The molecule has 2 heterocycles. The minimum atomic E-state index is -0.226. The van der Waals surface area contributed by atoms with Gasteiger partial charge in [0.2, 0.25) is 0 Å². The average Bonchev–Trinajstić information content (AvgIpc) is 2.79. The Labute approximate surface area is 140 Å². The molecule has 0 spiro atoms. The first-order chi connectivity index (χ1) is 11.4. The molecule has 0 aliphatic carbocycles. The molecule has 3 rings (SSSR count). The van der Waals surface area contributed by atoms with Crippen molar-refractivity contribution in [2.24, 2.45) is 0 Å². The number of carbonyl (C=O) groups excluding carboxylic acids is 2. The molecule has 0 bridgehead atoms. The normalized spacial score (nSPS) is 14.4. The van der Waals surface area contributed by atoms with Gasteiger partial charge in [-0.3, -0.25) is 9.59 Å². The molecule has 0 saturated heterocycles. The van der Waals surface area contributed by atoms with Crippen molar-refractivity contribution in [2.75, 3.05) is 11.9 Å². The fourth-order valence-electron chi connectivity index (χ4n) is 2.85. The number of hydrogen-bond donors (Lipinski definition) is 2. The highest BCUT2D eigenvalue weighted by molar-refractivity contribution is 5.97. The number of fused-ring (bicyclic) bond motifs is 1. The standard InChI is InChI=1S/C18H20N2O4/c1-9-11(3)24-12(4)17(9)18(22)19-10(2)13-5-6-15-14(7-13)20-16(21)8-23-15/h5-7,10H,8H2,1-4H3,(H,19,22)(H,20,21)/t10-/m0/s1. The zero-order valence-corrected chi connectivity index (χ0v) is 14.1. The summed E-state index contributed by atoms with van der Waals surface area (Å²) in [5, 5.41) is 5.74. The fourth-order valence-corrected chi connectivity index (χ4v) is 2.85. The summed E-state index contributed by atoms with van der Waals surface area (Å²) in [7, 11) is 0. The SMILES string of the molecule is Cc1oc(C)c(C(=O)N[C@@H](C)c2ccc3c(c2)NC(=O)CO3)c1C. The van der Waals surface area contributed by atoms with Crippen LogP contribution in [-0.2, 0) is 4.79 Å². The van der Waals surface area contributed by atoms with Crippen molar-refractivity contribution in [1.29, 1.82) is 0 Å². The van der Waals surface area contributed by atoms with E-state index in [1.807, 2.05) is 32.9 Å². The van der Waals surface area contributed by atoms with Crippen LogP contribution in [0.2, 0.25) is 0 Å². The van der Waals surface area contributed by atoms with E-state index in [1.54, 1.807) is 13.0 Å². The average molecular weight is 328 g/mol. The van der Waals surface area contributed by atoms with Crippen molar-refractivity contribution in [2.45, 2.75) is 33.7 Å². The van der Waals surface area contributed by atoms with Gasteiger partial charge in [-0.15, -0.1) is 0 Å². The van der Waals surface area contributed by atoms with E-state index in [4.69, 9.17) is 9.15 Å². The van der Waals surface area contributed by atoms with Crippen LogP contribution in [-0.4, -0.2) is 18.4 Å². The Kier molecular flexibility index (Phi) is 4.05. The first kappa shape index (κ1) is 16.1. The highest BCUT2D eigenvalue weighted by atomic mass is 16.5. The summed E-state index contributed by atoms with van der Waals surface area (Å²) < 4.78 is 10.9. The molecule has 0 radical (unpaired) electrons. The van der Waals surface area contributed by atoms with Crippen LogP contribution >= 0.6 is 0 Å². The second kappa shape index (κ2) is 6.03. The van der Waals surface area contributed by atoms with Gasteiger partial charge in [0.1, 0.15) is 17.3 Å². The Hall–Kier alpha value is -2.76. The van der Waals surface area contributed by atoms with E-state index in [1.165, 1.54) is 0 Å². The minimum absolute atomic E-state index is 0.0248. The molecule has 2 N–H and O–H groups in total. The molecule has 1 aliphatic rings. The number of benzene rings is 1. The lowest BCUT2D eigenvalue weighted by atomic mass is 10.0. The number of amides is 2. The number of nitrogens with one attached hydrogen (secondary N) is 2. The third kappa shape index (κ3) is 2.87. The summed E-state index contributed by atoms with van der Waals surface area (Å²) in [6, 6.07) is 5.26. The van der Waals surface area contributed by atoms with Crippen LogP contribution in [0.15, 0.2) is 22.6 Å². The maximum atomic E-state index is 12.6. The lowest BCUT2D eigenvalue weighted by Crippen LogP contribution is -2.28. The van der Waals surface area contributed by atoms with Gasteiger partial charge in [0, 0.05) is 5.56 Å². The maximum Gasteiger partial charge on any atom is 0.262 e. The van der Waals surface area contributed by atoms with E-state index in [-0.39, 0.29) is 24.5 Å². The first-order valence-corrected chi connectivity index (χ1v) is 7.81. The van der Waals surface area contributed by atoms with Crippen molar-refractivity contribution in [3.8, 4) is 5.75 Å². The van der Waals surface area contributed by atoms with Gasteiger partial charge in [-0.05, 0) is 45.4 Å². The molecule has 0 unspecified atom stereocenters. The number of furan rings is 1. The van der Waals surface area contributed by atoms with Crippen LogP contribution in [0.5, 0.6) is 5.75 Å². The molecular formula is C18H20N2O4. The van der Waals surface area contributed by atoms with Gasteiger partial charge in [0.05, 0.1) is 17.3 Å². The molecule has 126 valence electrons. The largest absolute Gasteiger partial charge is 0.482 e. The number of anilines is 1. The predicted molar refractivity (Wildman–Crippen MR) is 89.4 cm³/mol. The van der Waals surface area contributed by atoms with Gasteiger partial charge >= 0.3 is 0 Å². The second-order valence-electron chi connectivity index (χ2n) is 6.00. The van der Waals surface area contributed by atoms with Crippen molar-refractivity contribution in [1.82, 2.24) is 5.32 Å². The molecule has 1 aromatic carbocycles. The number of carbonyl (C=O) groups is 2. The van der Waals surface area contributed by atoms with Gasteiger partial charge in [0.15, 0.2) is 6.61 Å². The third-order valence-electron chi connectivity index (χ3n) is 4.27. The summed E-state index contributed by atoms with van der Waals surface area (Å²) in [5.74, 6) is 1.64. The number of aryl methyl sites for hydroxylation is 2. The predicted octanol–water partition coefficient (Wildman–Crippen LogP) is 3.03. The second-order valence-corrected chi connectivity index (χ2v) is 6.00. The Morgan fingerprint density at radius 1 is 1.25 bits per heavy atom. The van der Waals surface area contributed by atoms with Gasteiger partial charge in [-0.25, -0.2) is 0 Å². The molecule has 1 aliphatic heterocycles. The lowest BCUT2D eigenvalue weighted by molar-refractivity contribution is -0.118. The molecule has 1 atom stereocenters. The molecule has 24 heavy (non-hydrogen) atoms. The smallest absolute Gasteiger partial charge is 0.262 e. The minimum Gasteiger partial charge on any atom is -0.482 e. The zero-order chi connectivity index (χ0) is 17.4. The van der Waals surface area contributed by atoms with Crippen LogP contribution in [0.1, 0.15) is 46.0 Å². The molecule has 6 heteroatoms. The third-order valence-corrected chi connectivity index (χ3v) is 4.27. The highest BCUT2D eigenvalue weighted by Crippen LogP contribution is 2.31. The summed E-state index contributed by atoms with van der Waals surface area (Å²) in [5.41, 5.74) is 2.93. The van der Waals surface area contributed by atoms with E-state index in [2.05, 4.69) is 10.6 Å². The topological polar surface area (TPSA) is 80.6 Å².